The van der Waals surface area contributed by atoms with Gasteiger partial charge in [0, 0.05) is 0 Å². The summed E-state index contributed by atoms with van der Waals surface area (Å²) in [5.74, 6) is 0.00917. The van der Waals surface area contributed by atoms with Crippen LogP contribution < -0.4 is 5.73 Å². The summed E-state index contributed by atoms with van der Waals surface area (Å²) in [6.45, 7) is 4.31. The number of hydrogen-bond donors (Lipinski definition) is 1. The van der Waals surface area contributed by atoms with Crippen LogP contribution in [0.4, 0.5) is 0 Å². The number of carbonyl (C=O) groups is 1. The maximum Gasteiger partial charge on any atom is 0.242 e. The quantitative estimate of drug-likeness (QED) is 0.611. The van der Waals surface area contributed by atoms with E-state index >= 15 is 0 Å². The third-order valence-corrected chi connectivity index (χ3v) is 2.96. The molecule has 2 N–H and O–H groups in total. The first-order valence-corrected chi connectivity index (χ1v) is 5.06. The van der Waals surface area contributed by atoms with Gasteiger partial charge >= 0.3 is 0 Å². The van der Waals surface area contributed by atoms with Crippen molar-refractivity contribution in [2.24, 2.45) is 5.73 Å². The fourth-order valence-corrected chi connectivity index (χ4v) is 2.15. The number of carbonyl (C=O) groups excluding carboxylic acids is 1. The highest BCUT2D eigenvalue weighted by atomic mass is 16.5. The second kappa shape index (κ2) is 3.71. The summed E-state index contributed by atoms with van der Waals surface area (Å²) >= 11 is 0. The van der Waals surface area contributed by atoms with E-state index < -0.39 is 6.04 Å². The molecule has 2 rings (SSSR count). The summed E-state index contributed by atoms with van der Waals surface area (Å²) in [6.07, 6.45) is 4.19. The van der Waals surface area contributed by atoms with Crippen molar-refractivity contribution in [2.45, 2.75) is 37.6 Å². The largest absolute Gasteiger partial charge is 0.358 e. The van der Waals surface area contributed by atoms with Gasteiger partial charge in [-0.3, -0.25) is 4.79 Å². The van der Waals surface area contributed by atoms with Gasteiger partial charge in [0.1, 0.15) is 6.23 Å². The average molecular weight is 196 g/mol. The van der Waals surface area contributed by atoms with E-state index in [9.17, 15) is 4.79 Å². The van der Waals surface area contributed by atoms with Gasteiger partial charge in [0.15, 0.2) is 0 Å². The summed E-state index contributed by atoms with van der Waals surface area (Å²) in [7, 11) is 0. The minimum Gasteiger partial charge on any atom is -0.358 e. The van der Waals surface area contributed by atoms with Gasteiger partial charge in [0.05, 0.1) is 18.7 Å². The fourth-order valence-electron chi connectivity index (χ4n) is 2.15. The minimum atomic E-state index is -0.402. The minimum absolute atomic E-state index is 0.00917. The molecule has 78 valence electrons. The standard InChI is InChI=1S/C10H16N2O2/c1-2-7-3-4-9-12(7)10(13)8(11)5-6-14-9/h2,7-9H,1,3-6,11H2/t7?,8?,9-/m0/s1. The molecule has 0 saturated carbocycles. The Morgan fingerprint density at radius 1 is 1.50 bits per heavy atom. The maximum atomic E-state index is 11.9. The summed E-state index contributed by atoms with van der Waals surface area (Å²) in [5.41, 5.74) is 5.75. The predicted octanol–water partition coefficient (Wildman–Crippen LogP) is 0.237. The number of nitrogens with zero attached hydrogens (tertiary/aromatic N) is 1. The number of ether oxygens (including phenoxy) is 1. The molecule has 0 aromatic carbocycles. The van der Waals surface area contributed by atoms with Crippen LogP contribution in [0.25, 0.3) is 0 Å². The third-order valence-electron chi connectivity index (χ3n) is 2.96. The SMILES string of the molecule is C=CC1CC[C@@H]2OCCC(N)C(=O)N12. The Morgan fingerprint density at radius 3 is 3.00 bits per heavy atom. The maximum absolute atomic E-state index is 11.9. The Morgan fingerprint density at radius 2 is 2.29 bits per heavy atom. The molecule has 0 spiro atoms. The Kier molecular flexibility index (Phi) is 2.56. The van der Waals surface area contributed by atoms with Crippen molar-refractivity contribution < 1.29 is 9.53 Å². The van der Waals surface area contributed by atoms with Crippen molar-refractivity contribution in [1.82, 2.24) is 4.90 Å². The Hall–Kier alpha value is -0.870. The van der Waals surface area contributed by atoms with Crippen molar-refractivity contribution in [3.8, 4) is 0 Å². The highest BCUT2D eigenvalue weighted by Gasteiger charge is 2.39. The van der Waals surface area contributed by atoms with Gasteiger partial charge < -0.3 is 15.4 Å². The molecule has 0 aliphatic carbocycles. The van der Waals surface area contributed by atoms with Gasteiger partial charge in [-0.2, -0.15) is 0 Å². The molecule has 2 aliphatic heterocycles. The monoisotopic (exact) mass is 196 g/mol. The molecule has 14 heavy (non-hydrogen) atoms. The first kappa shape index (κ1) is 9.68. The van der Waals surface area contributed by atoms with E-state index in [1.54, 1.807) is 11.0 Å². The van der Waals surface area contributed by atoms with Crippen LogP contribution >= 0.6 is 0 Å². The van der Waals surface area contributed by atoms with Crippen molar-refractivity contribution in [1.29, 1.82) is 0 Å². The summed E-state index contributed by atoms with van der Waals surface area (Å²) in [4.78, 5) is 13.6. The van der Waals surface area contributed by atoms with Crippen LogP contribution in [0.1, 0.15) is 19.3 Å². The van der Waals surface area contributed by atoms with Gasteiger partial charge in [0.2, 0.25) is 5.91 Å². The zero-order chi connectivity index (χ0) is 10.1. The smallest absolute Gasteiger partial charge is 0.242 e. The van der Waals surface area contributed by atoms with Crippen molar-refractivity contribution >= 4 is 5.91 Å². The molecule has 0 aromatic rings. The first-order valence-electron chi connectivity index (χ1n) is 5.06. The van der Waals surface area contributed by atoms with Crippen LogP contribution in [0, 0.1) is 0 Å². The lowest BCUT2D eigenvalue weighted by atomic mass is 10.1. The summed E-state index contributed by atoms with van der Waals surface area (Å²) < 4.78 is 5.58. The molecular weight excluding hydrogens is 180 g/mol. The van der Waals surface area contributed by atoms with Crippen molar-refractivity contribution in [3.63, 3.8) is 0 Å². The molecule has 4 heteroatoms. The average Bonchev–Trinajstić information content (AvgIpc) is 2.53. The normalized spacial score (nSPS) is 37.9. The second-order valence-electron chi connectivity index (χ2n) is 3.85. The number of nitrogens with two attached hydrogens (primary N) is 1. The zero-order valence-electron chi connectivity index (χ0n) is 8.19. The highest BCUT2D eigenvalue weighted by molar-refractivity contribution is 5.82. The van der Waals surface area contributed by atoms with E-state index in [-0.39, 0.29) is 18.2 Å². The lowest BCUT2D eigenvalue weighted by Gasteiger charge is -2.27. The van der Waals surface area contributed by atoms with Crippen LogP contribution in [-0.4, -0.2) is 35.7 Å². The van der Waals surface area contributed by atoms with Gasteiger partial charge in [-0.15, -0.1) is 6.58 Å². The lowest BCUT2D eigenvalue weighted by Crippen LogP contribution is -2.47. The molecule has 2 unspecified atom stereocenters. The zero-order valence-corrected chi connectivity index (χ0v) is 8.19. The van der Waals surface area contributed by atoms with Crippen LogP contribution in [-0.2, 0) is 9.53 Å². The van der Waals surface area contributed by atoms with Gasteiger partial charge in [-0.1, -0.05) is 6.08 Å². The number of hydrogen-bond acceptors (Lipinski definition) is 3. The van der Waals surface area contributed by atoms with Crippen LogP contribution in [0.3, 0.4) is 0 Å². The molecule has 2 aliphatic rings. The van der Waals surface area contributed by atoms with Crippen molar-refractivity contribution in [3.05, 3.63) is 12.7 Å². The van der Waals surface area contributed by atoms with Crippen LogP contribution in [0.5, 0.6) is 0 Å². The van der Waals surface area contributed by atoms with E-state index in [0.29, 0.717) is 13.0 Å². The van der Waals surface area contributed by atoms with E-state index in [0.717, 1.165) is 12.8 Å². The number of fused-ring (bicyclic) bond motifs is 1. The van der Waals surface area contributed by atoms with Crippen molar-refractivity contribution in [2.75, 3.05) is 6.61 Å². The second-order valence-corrected chi connectivity index (χ2v) is 3.85. The molecule has 3 atom stereocenters. The topological polar surface area (TPSA) is 55.6 Å². The molecule has 2 heterocycles. The molecule has 0 bridgehead atoms. The van der Waals surface area contributed by atoms with E-state index in [1.807, 2.05) is 0 Å². The molecule has 0 aromatic heterocycles. The predicted molar refractivity (Wildman–Crippen MR) is 52.4 cm³/mol. The van der Waals surface area contributed by atoms with Gasteiger partial charge in [-0.25, -0.2) is 0 Å². The Bertz CT molecular complexity index is 255. The summed E-state index contributed by atoms with van der Waals surface area (Å²) in [5, 5.41) is 0. The third kappa shape index (κ3) is 1.44. The molecule has 4 nitrogen and oxygen atoms in total. The number of amides is 1. The molecule has 2 saturated heterocycles. The van der Waals surface area contributed by atoms with E-state index in [2.05, 4.69) is 6.58 Å². The van der Waals surface area contributed by atoms with E-state index in [4.69, 9.17) is 10.5 Å². The molecule has 1 amide bonds. The molecule has 0 radical (unpaired) electrons. The number of rotatable bonds is 1. The van der Waals surface area contributed by atoms with Crippen LogP contribution in [0.2, 0.25) is 0 Å². The Balaban J connectivity index is 2.21. The fraction of sp³-hybridized carbons (Fsp3) is 0.700. The van der Waals surface area contributed by atoms with Gasteiger partial charge in [0.25, 0.3) is 0 Å². The first-order chi connectivity index (χ1) is 6.74. The van der Waals surface area contributed by atoms with Gasteiger partial charge in [-0.05, 0) is 19.3 Å². The highest BCUT2D eigenvalue weighted by Crippen LogP contribution is 2.28. The molecule has 2 fully saturated rings. The molecular formula is C10H16N2O2. The Labute approximate surface area is 83.7 Å². The summed E-state index contributed by atoms with van der Waals surface area (Å²) in [6, 6.07) is -0.294. The van der Waals surface area contributed by atoms with E-state index in [1.165, 1.54) is 0 Å². The lowest BCUT2D eigenvalue weighted by molar-refractivity contribution is -0.140. The van der Waals surface area contributed by atoms with Crippen LogP contribution in [0.15, 0.2) is 12.7 Å².